The van der Waals surface area contributed by atoms with E-state index in [-0.39, 0.29) is 0 Å². The third kappa shape index (κ3) is 3.52. The summed E-state index contributed by atoms with van der Waals surface area (Å²) in [6.45, 7) is 5.38. The maximum absolute atomic E-state index is 3.78. The van der Waals surface area contributed by atoms with Gasteiger partial charge >= 0.3 is 0 Å². The molecule has 2 aromatic rings. The minimum absolute atomic E-state index is 0.461. The molecule has 0 radical (unpaired) electrons. The molecule has 0 saturated heterocycles. The van der Waals surface area contributed by atoms with Crippen molar-refractivity contribution in [2.24, 2.45) is 0 Å². The fourth-order valence-corrected chi connectivity index (χ4v) is 3.09. The van der Waals surface area contributed by atoms with Gasteiger partial charge in [0.15, 0.2) is 0 Å². The molecule has 0 fully saturated rings. The van der Waals surface area contributed by atoms with E-state index in [4.69, 9.17) is 0 Å². The molecule has 0 spiro atoms. The molecule has 3 rings (SSSR count). The quantitative estimate of drug-likeness (QED) is 0.894. The molecule has 2 heteroatoms. The zero-order valence-electron chi connectivity index (χ0n) is 12.7. The topological polar surface area (TPSA) is 24.1 Å². The molecule has 2 aromatic carbocycles. The molecular formula is C19H24N2. The van der Waals surface area contributed by atoms with E-state index < -0.39 is 0 Å². The molecular weight excluding hydrogens is 256 g/mol. The highest BCUT2D eigenvalue weighted by molar-refractivity contribution is 5.31. The number of nitrogens with one attached hydrogen (secondary N) is 2. The van der Waals surface area contributed by atoms with E-state index >= 15 is 0 Å². The van der Waals surface area contributed by atoms with Crippen molar-refractivity contribution >= 4 is 0 Å². The average Bonchev–Trinajstić information content (AvgIpc) is 2.76. The Hall–Kier alpha value is -1.64. The molecule has 1 heterocycles. The van der Waals surface area contributed by atoms with Gasteiger partial charge in [-0.05, 0) is 35.6 Å². The first-order chi connectivity index (χ1) is 10.3. The van der Waals surface area contributed by atoms with Gasteiger partial charge < -0.3 is 10.6 Å². The fourth-order valence-electron chi connectivity index (χ4n) is 3.09. The predicted octanol–water partition coefficient (Wildman–Crippen LogP) is 3.61. The smallest absolute Gasteiger partial charge is 0.0335 e. The molecule has 21 heavy (non-hydrogen) atoms. The number of rotatable bonds is 4. The van der Waals surface area contributed by atoms with Crippen molar-refractivity contribution in [2.45, 2.75) is 31.8 Å². The van der Waals surface area contributed by atoms with Gasteiger partial charge in [-0.3, -0.25) is 0 Å². The minimum atomic E-state index is 0.461. The zero-order valence-corrected chi connectivity index (χ0v) is 12.7. The van der Waals surface area contributed by atoms with E-state index in [1.54, 1.807) is 0 Å². The van der Waals surface area contributed by atoms with Crippen molar-refractivity contribution in [3.63, 3.8) is 0 Å². The average molecular weight is 280 g/mol. The van der Waals surface area contributed by atoms with Crippen LogP contribution in [0.5, 0.6) is 0 Å². The van der Waals surface area contributed by atoms with Crippen molar-refractivity contribution in [3.8, 4) is 0 Å². The van der Waals surface area contributed by atoms with Gasteiger partial charge in [0.2, 0.25) is 0 Å². The van der Waals surface area contributed by atoms with Crippen LogP contribution in [0.1, 0.15) is 42.0 Å². The highest BCUT2D eigenvalue weighted by atomic mass is 14.9. The Bertz CT molecular complexity index is 565. The van der Waals surface area contributed by atoms with Gasteiger partial charge in [-0.2, -0.15) is 0 Å². The van der Waals surface area contributed by atoms with Crippen LogP contribution in [0, 0.1) is 0 Å². The fraction of sp³-hybridized carbons (Fsp3) is 0.368. The second-order valence-corrected chi connectivity index (χ2v) is 5.94. The summed E-state index contributed by atoms with van der Waals surface area (Å²) < 4.78 is 0. The Morgan fingerprint density at radius 1 is 1.10 bits per heavy atom. The van der Waals surface area contributed by atoms with Gasteiger partial charge in [0.05, 0.1) is 0 Å². The molecule has 1 aliphatic heterocycles. The first kappa shape index (κ1) is 14.3. The monoisotopic (exact) mass is 280 g/mol. The lowest BCUT2D eigenvalue weighted by atomic mass is 9.97. The molecule has 0 amide bonds. The zero-order chi connectivity index (χ0) is 14.5. The van der Waals surface area contributed by atoms with E-state index in [1.165, 1.54) is 16.7 Å². The van der Waals surface area contributed by atoms with Crippen molar-refractivity contribution in [1.82, 2.24) is 10.6 Å². The van der Waals surface area contributed by atoms with Crippen molar-refractivity contribution in [1.29, 1.82) is 0 Å². The molecule has 0 saturated carbocycles. The van der Waals surface area contributed by atoms with Crippen LogP contribution in [-0.4, -0.2) is 13.1 Å². The number of benzene rings is 2. The third-order valence-electron chi connectivity index (χ3n) is 4.39. The van der Waals surface area contributed by atoms with Crippen molar-refractivity contribution < 1.29 is 0 Å². The van der Waals surface area contributed by atoms with Crippen LogP contribution in [-0.2, 0) is 6.54 Å². The van der Waals surface area contributed by atoms with Crippen LogP contribution in [0.2, 0.25) is 0 Å². The molecule has 2 atom stereocenters. The summed E-state index contributed by atoms with van der Waals surface area (Å²) in [7, 11) is 0. The number of hydrogen-bond donors (Lipinski definition) is 2. The second kappa shape index (κ2) is 6.88. The summed E-state index contributed by atoms with van der Waals surface area (Å²) in [5.41, 5.74) is 4.30. The first-order valence-corrected chi connectivity index (χ1v) is 7.91. The molecule has 110 valence electrons. The molecule has 0 aromatic heterocycles. The summed E-state index contributed by atoms with van der Waals surface area (Å²) in [6, 6.07) is 20.0. The number of fused-ring (bicyclic) bond motifs is 1. The highest BCUT2D eigenvalue weighted by Crippen LogP contribution is 2.24. The summed E-state index contributed by atoms with van der Waals surface area (Å²) >= 11 is 0. The molecule has 2 N–H and O–H groups in total. The largest absolute Gasteiger partial charge is 0.313 e. The van der Waals surface area contributed by atoms with Crippen LogP contribution in [0.25, 0.3) is 0 Å². The molecule has 2 unspecified atom stereocenters. The van der Waals surface area contributed by atoms with Crippen LogP contribution in [0.15, 0.2) is 54.6 Å². The maximum atomic E-state index is 3.78. The molecule has 1 aliphatic rings. The van der Waals surface area contributed by atoms with E-state index in [0.717, 1.165) is 26.1 Å². The summed E-state index contributed by atoms with van der Waals surface area (Å²) in [4.78, 5) is 0. The Morgan fingerprint density at radius 2 is 1.86 bits per heavy atom. The standard InChI is InChI=1S/C19H24N2/c1-15(16-7-3-2-4-8-16)13-21-19-11-12-20-14-17-9-5-6-10-18(17)19/h2-10,15,19-21H,11-14H2,1H3. The molecule has 0 aliphatic carbocycles. The van der Waals surface area contributed by atoms with Crippen LogP contribution < -0.4 is 10.6 Å². The van der Waals surface area contributed by atoms with Crippen LogP contribution >= 0.6 is 0 Å². The summed E-state index contributed by atoms with van der Waals surface area (Å²) in [5, 5.41) is 7.29. The van der Waals surface area contributed by atoms with Crippen molar-refractivity contribution in [3.05, 3.63) is 71.3 Å². The Kier molecular flexibility index (Phi) is 4.69. The molecule has 2 nitrogen and oxygen atoms in total. The van der Waals surface area contributed by atoms with Gasteiger partial charge in [-0.1, -0.05) is 61.5 Å². The van der Waals surface area contributed by atoms with Gasteiger partial charge in [0.25, 0.3) is 0 Å². The predicted molar refractivity (Wildman–Crippen MR) is 88.4 cm³/mol. The lowest BCUT2D eigenvalue weighted by Crippen LogP contribution is -2.26. The van der Waals surface area contributed by atoms with Gasteiger partial charge in [0, 0.05) is 19.1 Å². The first-order valence-electron chi connectivity index (χ1n) is 7.91. The lowest BCUT2D eigenvalue weighted by molar-refractivity contribution is 0.478. The Morgan fingerprint density at radius 3 is 2.71 bits per heavy atom. The number of hydrogen-bond acceptors (Lipinski definition) is 2. The normalized spacial score (nSPS) is 19.6. The van der Waals surface area contributed by atoms with E-state index in [9.17, 15) is 0 Å². The van der Waals surface area contributed by atoms with E-state index in [1.807, 2.05) is 0 Å². The van der Waals surface area contributed by atoms with E-state index in [2.05, 4.69) is 72.2 Å². The van der Waals surface area contributed by atoms with E-state index in [0.29, 0.717) is 12.0 Å². The van der Waals surface area contributed by atoms with Gasteiger partial charge in [0.1, 0.15) is 0 Å². The minimum Gasteiger partial charge on any atom is -0.313 e. The second-order valence-electron chi connectivity index (χ2n) is 5.94. The molecule has 0 bridgehead atoms. The Labute approximate surface area is 127 Å². The van der Waals surface area contributed by atoms with Crippen LogP contribution in [0.3, 0.4) is 0 Å². The Balaban J connectivity index is 1.68. The van der Waals surface area contributed by atoms with Crippen LogP contribution in [0.4, 0.5) is 0 Å². The summed E-state index contributed by atoms with van der Waals surface area (Å²) in [5.74, 6) is 0.537. The SMILES string of the molecule is CC(CNC1CCNCc2ccccc21)c1ccccc1. The highest BCUT2D eigenvalue weighted by Gasteiger charge is 2.18. The van der Waals surface area contributed by atoms with Crippen molar-refractivity contribution in [2.75, 3.05) is 13.1 Å². The lowest BCUT2D eigenvalue weighted by Gasteiger charge is -2.22. The summed E-state index contributed by atoms with van der Waals surface area (Å²) in [6.07, 6.45) is 1.15. The van der Waals surface area contributed by atoms with Gasteiger partial charge in [-0.15, -0.1) is 0 Å². The maximum Gasteiger partial charge on any atom is 0.0335 e. The third-order valence-corrected chi connectivity index (χ3v) is 4.39. The van der Waals surface area contributed by atoms with Gasteiger partial charge in [-0.25, -0.2) is 0 Å².